The van der Waals surface area contributed by atoms with Crippen molar-refractivity contribution < 1.29 is 8.42 Å². The standard InChI is InChI=1S/C12H23ClO2S/c1-2-16(14,15)9-5-8-12(10-13)11-6-3-4-7-11/h11-12H,2-10H2,1H3. The quantitative estimate of drug-likeness (QED) is 0.663. The van der Waals surface area contributed by atoms with E-state index in [1.807, 2.05) is 0 Å². The fraction of sp³-hybridized carbons (Fsp3) is 1.00. The normalized spacial score (nSPS) is 20.1. The van der Waals surface area contributed by atoms with Gasteiger partial charge in [0.25, 0.3) is 0 Å². The van der Waals surface area contributed by atoms with Crippen LogP contribution in [0.2, 0.25) is 0 Å². The maximum absolute atomic E-state index is 11.4. The first-order valence-corrected chi connectivity index (χ1v) is 8.71. The lowest BCUT2D eigenvalue weighted by atomic mass is 9.89. The first-order valence-electron chi connectivity index (χ1n) is 6.35. The lowest BCUT2D eigenvalue weighted by Gasteiger charge is -2.20. The van der Waals surface area contributed by atoms with Crippen molar-refractivity contribution >= 4 is 21.4 Å². The van der Waals surface area contributed by atoms with Gasteiger partial charge in [0.15, 0.2) is 0 Å². The van der Waals surface area contributed by atoms with E-state index in [1.54, 1.807) is 6.92 Å². The highest BCUT2D eigenvalue weighted by Crippen LogP contribution is 2.34. The van der Waals surface area contributed by atoms with Gasteiger partial charge < -0.3 is 0 Å². The molecule has 1 unspecified atom stereocenters. The molecule has 96 valence electrons. The molecule has 16 heavy (non-hydrogen) atoms. The Labute approximate surface area is 105 Å². The maximum atomic E-state index is 11.4. The summed E-state index contributed by atoms with van der Waals surface area (Å²) in [6.45, 7) is 1.71. The second-order valence-electron chi connectivity index (χ2n) is 4.84. The van der Waals surface area contributed by atoms with Crippen molar-refractivity contribution in [2.75, 3.05) is 17.4 Å². The predicted molar refractivity (Wildman–Crippen MR) is 69.7 cm³/mol. The van der Waals surface area contributed by atoms with Crippen molar-refractivity contribution in [1.82, 2.24) is 0 Å². The van der Waals surface area contributed by atoms with E-state index in [0.29, 0.717) is 17.6 Å². The molecule has 0 amide bonds. The van der Waals surface area contributed by atoms with Gasteiger partial charge in [-0.15, -0.1) is 11.6 Å². The number of hydrogen-bond donors (Lipinski definition) is 0. The average molecular weight is 267 g/mol. The van der Waals surface area contributed by atoms with Crippen LogP contribution >= 0.6 is 11.6 Å². The van der Waals surface area contributed by atoms with Gasteiger partial charge in [-0.3, -0.25) is 0 Å². The molecule has 0 radical (unpaired) electrons. The highest BCUT2D eigenvalue weighted by atomic mass is 35.5. The van der Waals surface area contributed by atoms with Crippen molar-refractivity contribution in [2.45, 2.75) is 45.4 Å². The third kappa shape index (κ3) is 4.62. The minimum atomic E-state index is -2.79. The van der Waals surface area contributed by atoms with Crippen LogP contribution < -0.4 is 0 Å². The summed E-state index contributed by atoms with van der Waals surface area (Å²) >= 11 is 5.98. The van der Waals surface area contributed by atoms with Crippen LogP contribution in [0.1, 0.15) is 45.4 Å². The summed E-state index contributed by atoms with van der Waals surface area (Å²) < 4.78 is 22.7. The number of hydrogen-bond acceptors (Lipinski definition) is 2. The van der Waals surface area contributed by atoms with Gasteiger partial charge in [0.1, 0.15) is 9.84 Å². The number of rotatable bonds is 7. The van der Waals surface area contributed by atoms with Gasteiger partial charge in [-0.2, -0.15) is 0 Å². The molecule has 0 N–H and O–H groups in total. The van der Waals surface area contributed by atoms with E-state index >= 15 is 0 Å². The zero-order chi connectivity index (χ0) is 12.0. The van der Waals surface area contributed by atoms with E-state index in [2.05, 4.69) is 0 Å². The van der Waals surface area contributed by atoms with E-state index in [-0.39, 0.29) is 5.75 Å². The Morgan fingerprint density at radius 2 is 1.94 bits per heavy atom. The average Bonchev–Trinajstić information content (AvgIpc) is 2.78. The van der Waals surface area contributed by atoms with E-state index in [9.17, 15) is 8.42 Å². The van der Waals surface area contributed by atoms with Gasteiger partial charge in [0.2, 0.25) is 0 Å². The highest BCUT2D eigenvalue weighted by Gasteiger charge is 2.24. The number of alkyl halides is 1. The van der Waals surface area contributed by atoms with Crippen molar-refractivity contribution in [1.29, 1.82) is 0 Å². The first kappa shape index (κ1) is 14.3. The largest absolute Gasteiger partial charge is 0.229 e. The van der Waals surface area contributed by atoms with Gasteiger partial charge in [0.05, 0.1) is 5.75 Å². The summed E-state index contributed by atoms with van der Waals surface area (Å²) in [6, 6.07) is 0. The van der Waals surface area contributed by atoms with Crippen LogP contribution in [0.15, 0.2) is 0 Å². The molecule has 1 aliphatic rings. The van der Waals surface area contributed by atoms with Gasteiger partial charge in [0, 0.05) is 11.6 Å². The summed E-state index contributed by atoms with van der Waals surface area (Å²) in [7, 11) is -2.79. The summed E-state index contributed by atoms with van der Waals surface area (Å²) in [6.07, 6.45) is 6.99. The van der Waals surface area contributed by atoms with E-state index < -0.39 is 9.84 Å². The Kier molecular flexibility index (Phi) is 6.12. The van der Waals surface area contributed by atoms with Crippen LogP contribution in [0.25, 0.3) is 0 Å². The number of sulfone groups is 1. The molecule has 1 fully saturated rings. The number of halogens is 1. The molecular weight excluding hydrogens is 244 g/mol. The lowest BCUT2D eigenvalue weighted by molar-refractivity contribution is 0.347. The van der Waals surface area contributed by atoms with Crippen LogP contribution in [-0.2, 0) is 9.84 Å². The summed E-state index contributed by atoms with van der Waals surface area (Å²) in [5.41, 5.74) is 0. The molecule has 0 aromatic heterocycles. The summed E-state index contributed by atoms with van der Waals surface area (Å²) in [4.78, 5) is 0. The molecule has 0 aromatic carbocycles. The Morgan fingerprint density at radius 3 is 2.44 bits per heavy atom. The van der Waals surface area contributed by atoms with Crippen LogP contribution in [0, 0.1) is 11.8 Å². The van der Waals surface area contributed by atoms with Crippen molar-refractivity contribution in [3.05, 3.63) is 0 Å². The monoisotopic (exact) mass is 266 g/mol. The molecule has 0 spiro atoms. The third-order valence-electron chi connectivity index (χ3n) is 3.73. The Bertz CT molecular complexity index is 281. The van der Waals surface area contributed by atoms with Crippen molar-refractivity contribution in [3.8, 4) is 0 Å². The minimum absolute atomic E-state index is 0.266. The van der Waals surface area contributed by atoms with Gasteiger partial charge in [-0.25, -0.2) is 8.42 Å². The molecule has 2 nitrogen and oxygen atoms in total. The van der Waals surface area contributed by atoms with Gasteiger partial charge in [-0.05, 0) is 24.7 Å². The van der Waals surface area contributed by atoms with Crippen LogP contribution in [-0.4, -0.2) is 25.8 Å². The molecule has 1 atom stereocenters. The summed E-state index contributed by atoms with van der Waals surface area (Å²) in [5.74, 6) is 2.58. The van der Waals surface area contributed by atoms with Crippen LogP contribution in [0.3, 0.4) is 0 Å². The smallest absolute Gasteiger partial charge is 0.150 e. The molecule has 1 rings (SSSR count). The highest BCUT2D eigenvalue weighted by molar-refractivity contribution is 7.91. The van der Waals surface area contributed by atoms with Crippen LogP contribution in [0.5, 0.6) is 0 Å². The van der Waals surface area contributed by atoms with Crippen LogP contribution in [0.4, 0.5) is 0 Å². The maximum Gasteiger partial charge on any atom is 0.150 e. The molecule has 1 aliphatic carbocycles. The van der Waals surface area contributed by atoms with E-state index in [0.717, 1.165) is 18.8 Å². The van der Waals surface area contributed by atoms with Crippen molar-refractivity contribution in [3.63, 3.8) is 0 Å². The van der Waals surface area contributed by atoms with Gasteiger partial charge in [-0.1, -0.05) is 32.6 Å². The van der Waals surface area contributed by atoms with Gasteiger partial charge >= 0.3 is 0 Å². The Morgan fingerprint density at radius 1 is 1.31 bits per heavy atom. The molecule has 0 aromatic rings. The zero-order valence-electron chi connectivity index (χ0n) is 10.1. The first-order chi connectivity index (χ1) is 7.59. The predicted octanol–water partition coefficient (Wildman–Crippen LogP) is 3.25. The molecule has 0 heterocycles. The zero-order valence-corrected chi connectivity index (χ0v) is 11.7. The minimum Gasteiger partial charge on any atom is -0.229 e. The molecule has 0 bridgehead atoms. The lowest BCUT2D eigenvalue weighted by Crippen LogP contribution is -2.16. The molecule has 4 heteroatoms. The fourth-order valence-electron chi connectivity index (χ4n) is 2.58. The molecule has 0 aliphatic heterocycles. The Hall–Kier alpha value is 0.240. The topological polar surface area (TPSA) is 34.1 Å². The second-order valence-corrected chi connectivity index (χ2v) is 7.62. The fourth-order valence-corrected chi connectivity index (χ4v) is 3.88. The molecular formula is C12H23ClO2S. The SMILES string of the molecule is CCS(=O)(=O)CCCC(CCl)C1CCCC1. The van der Waals surface area contributed by atoms with E-state index in [4.69, 9.17) is 11.6 Å². The third-order valence-corrected chi connectivity index (χ3v) is 5.92. The molecule has 0 saturated heterocycles. The summed E-state index contributed by atoms with van der Waals surface area (Å²) in [5, 5.41) is 0. The second kappa shape index (κ2) is 6.85. The molecule has 1 saturated carbocycles. The Balaban J connectivity index is 2.29. The van der Waals surface area contributed by atoms with E-state index in [1.165, 1.54) is 25.7 Å². The van der Waals surface area contributed by atoms with Crippen molar-refractivity contribution in [2.24, 2.45) is 11.8 Å².